The number of aromatic nitrogens is 2. The highest BCUT2D eigenvalue weighted by Crippen LogP contribution is 2.05. The van der Waals surface area contributed by atoms with Gasteiger partial charge in [0.2, 0.25) is 0 Å². The summed E-state index contributed by atoms with van der Waals surface area (Å²) in [4.78, 5) is 4.36. The average Bonchev–Trinajstić information content (AvgIpc) is 2.30. The van der Waals surface area contributed by atoms with Crippen molar-refractivity contribution in [3.63, 3.8) is 0 Å². The Balaban J connectivity index is 2.70. The minimum Gasteiger partial charge on any atom is -0.287 e. The first-order valence-corrected chi connectivity index (χ1v) is 4.01. The van der Waals surface area contributed by atoms with Crippen LogP contribution in [-0.2, 0) is 7.05 Å². The summed E-state index contributed by atoms with van der Waals surface area (Å²) in [5.74, 6) is 0. The first-order valence-electron chi connectivity index (χ1n) is 4.01. The van der Waals surface area contributed by atoms with Crippen molar-refractivity contribution in [2.45, 2.75) is 26.3 Å². The Bertz CT molecular complexity index is 278. The molecule has 0 radical (unpaired) electrons. The minimum absolute atomic E-state index is 0.00413. The van der Waals surface area contributed by atoms with Gasteiger partial charge in [0.25, 0.3) is 0 Å². The summed E-state index contributed by atoms with van der Waals surface area (Å²) in [7, 11) is 1.90. The van der Waals surface area contributed by atoms with E-state index in [1.807, 2.05) is 19.5 Å². The van der Waals surface area contributed by atoms with E-state index in [-0.39, 0.29) is 5.54 Å². The monoisotopic (exact) mass is 165 g/mol. The molecule has 3 nitrogen and oxygen atoms in total. The molecule has 0 amide bonds. The number of hydrogen-bond donors (Lipinski definition) is 0. The minimum atomic E-state index is -0.00413. The average molecular weight is 165 g/mol. The lowest BCUT2D eigenvalue weighted by molar-refractivity contribution is 0.586. The van der Waals surface area contributed by atoms with Crippen molar-refractivity contribution < 1.29 is 0 Å². The normalized spacial score (nSPS) is 12.7. The molecule has 0 aromatic carbocycles. The quantitative estimate of drug-likeness (QED) is 0.582. The van der Waals surface area contributed by atoms with Crippen LogP contribution in [0.3, 0.4) is 0 Å². The Hall–Kier alpha value is -1.12. The lowest BCUT2D eigenvalue weighted by Crippen LogP contribution is -2.09. The van der Waals surface area contributed by atoms with E-state index in [0.29, 0.717) is 0 Å². The second kappa shape index (κ2) is 3.09. The predicted molar refractivity (Wildman–Crippen MR) is 50.6 cm³/mol. The largest absolute Gasteiger partial charge is 0.287 e. The van der Waals surface area contributed by atoms with Crippen LogP contribution in [0.4, 0.5) is 0 Å². The number of rotatable bonds is 1. The van der Waals surface area contributed by atoms with Crippen molar-refractivity contribution in [3.8, 4) is 0 Å². The number of nitrogens with zero attached hydrogens (tertiary/aromatic N) is 3. The standard InChI is InChI=1S/C9H15N3/c1-9(2,3)10-5-8-6-11-12(4)7-8/h5-7H,1-4H3/b10-5+. The van der Waals surface area contributed by atoms with Gasteiger partial charge in [0, 0.05) is 25.0 Å². The Kier molecular flexibility index (Phi) is 2.31. The Morgan fingerprint density at radius 2 is 2.17 bits per heavy atom. The van der Waals surface area contributed by atoms with Gasteiger partial charge in [-0.2, -0.15) is 5.10 Å². The summed E-state index contributed by atoms with van der Waals surface area (Å²) in [6.45, 7) is 6.21. The lowest BCUT2D eigenvalue weighted by atomic mass is 10.1. The third kappa shape index (κ3) is 2.86. The van der Waals surface area contributed by atoms with Crippen LogP contribution in [0.15, 0.2) is 17.4 Å². The molecule has 0 atom stereocenters. The highest BCUT2D eigenvalue weighted by molar-refractivity contribution is 5.78. The summed E-state index contributed by atoms with van der Waals surface area (Å²) in [6.07, 6.45) is 5.59. The van der Waals surface area contributed by atoms with Crippen LogP contribution in [-0.4, -0.2) is 21.5 Å². The molecule has 1 aromatic rings. The molecule has 0 unspecified atom stereocenters. The van der Waals surface area contributed by atoms with Crippen LogP contribution < -0.4 is 0 Å². The summed E-state index contributed by atoms with van der Waals surface area (Å²) >= 11 is 0. The summed E-state index contributed by atoms with van der Waals surface area (Å²) in [5.41, 5.74) is 1.04. The van der Waals surface area contributed by atoms with Crippen molar-refractivity contribution in [2.75, 3.05) is 0 Å². The topological polar surface area (TPSA) is 30.2 Å². The van der Waals surface area contributed by atoms with Gasteiger partial charge in [-0.3, -0.25) is 9.67 Å². The molecule has 0 aliphatic heterocycles. The highest BCUT2D eigenvalue weighted by atomic mass is 15.2. The van der Waals surface area contributed by atoms with E-state index in [2.05, 4.69) is 30.9 Å². The SMILES string of the molecule is Cn1cc(/C=N/C(C)(C)C)cn1. The fourth-order valence-electron chi connectivity index (χ4n) is 0.775. The van der Waals surface area contributed by atoms with Gasteiger partial charge in [-0.15, -0.1) is 0 Å². The van der Waals surface area contributed by atoms with Crippen LogP contribution in [0.1, 0.15) is 26.3 Å². The maximum absolute atomic E-state index is 4.36. The maximum Gasteiger partial charge on any atom is 0.0577 e. The molecule has 3 heteroatoms. The van der Waals surface area contributed by atoms with Crippen LogP contribution in [0.2, 0.25) is 0 Å². The van der Waals surface area contributed by atoms with Gasteiger partial charge in [-0.25, -0.2) is 0 Å². The third-order valence-corrected chi connectivity index (χ3v) is 1.33. The molecule has 0 spiro atoms. The van der Waals surface area contributed by atoms with Gasteiger partial charge in [0.05, 0.1) is 11.7 Å². The second-order valence-electron chi connectivity index (χ2n) is 3.88. The molecule has 0 aliphatic carbocycles. The van der Waals surface area contributed by atoms with Gasteiger partial charge < -0.3 is 0 Å². The van der Waals surface area contributed by atoms with E-state index in [4.69, 9.17) is 0 Å². The van der Waals surface area contributed by atoms with Crippen molar-refractivity contribution in [3.05, 3.63) is 18.0 Å². The lowest BCUT2D eigenvalue weighted by Gasteiger charge is -2.09. The zero-order valence-corrected chi connectivity index (χ0v) is 8.07. The smallest absolute Gasteiger partial charge is 0.0577 e. The van der Waals surface area contributed by atoms with Gasteiger partial charge in [-0.05, 0) is 20.8 Å². The predicted octanol–water partition coefficient (Wildman–Crippen LogP) is 1.64. The molecule has 1 rings (SSSR count). The molecule has 0 fully saturated rings. The van der Waals surface area contributed by atoms with Crippen molar-refractivity contribution in [1.29, 1.82) is 0 Å². The van der Waals surface area contributed by atoms with E-state index < -0.39 is 0 Å². The van der Waals surface area contributed by atoms with E-state index in [0.717, 1.165) is 5.56 Å². The second-order valence-corrected chi connectivity index (χ2v) is 3.88. The van der Waals surface area contributed by atoms with Gasteiger partial charge >= 0.3 is 0 Å². The van der Waals surface area contributed by atoms with Crippen LogP contribution in [0.25, 0.3) is 0 Å². The van der Waals surface area contributed by atoms with E-state index >= 15 is 0 Å². The van der Waals surface area contributed by atoms with Gasteiger partial charge in [0.1, 0.15) is 0 Å². The molecule has 66 valence electrons. The number of aliphatic imine (C=N–C) groups is 1. The molecule has 1 heterocycles. The van der Waals surface area contributed by atoms with Crippen LogP contribution in [0, 0.1) is 0 Å². The first-order chi connectivity index (χ1) is 5.47. The zero-order chi connectivity index (χ0) is 9.19. The van der Waals surface area contributed by atoms with Gasteiger partial charge in [0.15, 0.2) is 0 Å². The Morgan fingerprint density at radius 3 is 2.58 bits per heavy atom. The zero-order valence-electron chi connectivity index (χ0n) is 8.07. The first kappa shape index (κ1) is 8.97. The molecule has 1 aromatic heterocycles. The summed E-state index contributed by atoms with van der Waals surface area (Å²) in [6, 6.07) is 0. The van der Waals surface area contributed by atoms with Crippen molar-refractivity contribution in [1.82, 2.24) is 9.78 Å². The Labute approximate surface area is 73.1 Å². The maximum atomic E-state index is 4.36. The van der Waals surface area contributed by atoms with Crippen LogP contribution in [0.5, 0.6) is 0 Å². The Morgan fingerprint density at radius 1 is 1.50 bits per heavy atom. The number of aryl methyl sites for hydroxylation is 1. The highest BCUT2D eigenvalue weighted by Gasteiger charge is 2.04. The van der Waals surface area contributed by atoms with Crippen molar-refractivity contribution >= 4 is 6.21 Å². The molecule has 0 saturated heterocycles. The summed E-state index contributed by atoms with van der Waals surface area (Å²) < 4.78 is 1.77. The van der Waals surface area contributed by atoms with E-state index in [1.165, 1.54) is 0 Å². The van der Waals surface area contributed by atoms with Crippen molar-refractivity contribution in [2.24, 2.45) is 12.0 Å². The van der Waals surface area contributed by atoms with E-state index in [1.54, 1.807) is 10.9 Å². The fraction of sp³-hybridized carbons (Fsp3) is 0.556. The fourth-order valence-corrected chi connectivity index (χ4v) is 0.775. The number of hydrogen-bond acceptors (Lipinski definition) is 2. The summed E-state index contributed by atoms with van der Waals surface area (Å²) in [5, 5.41) is 4.04. The molecule has 0 bridgehead atoms. The molecule has 0 saturated carbocycles. The molecule has 0 aliphatic rings. The molecule has 12 heavy (non-hydrogen) atoms. The third-order valence-electron chi connectivity index (χ3n) is 1.33. The molecular formula is C9H15N3. The van der Waals surface area contributed by atoms with E-state index in [9.17, 15) is 0 Å². The van der Waals surface area contributed by atoms with Gasteiger partial charge in [-0.1, -0.05) is 0 Å². The van der Waals surface area contributed by atoms with Crippen LogP contribution >= 0.6 is 0 Å². The molecule has 0 N–H and O–H groups in total. The molecular weight excluding hydrogens is 150 g/mol.